The normalized spacial score (nSPS) is 11.3. The molecule has 0 saturated carbocycles. The van der Waals surface area contributed by atoms with E-state index in [4.69, 9.17) is 18.3 Å². The Morgan fingerprint density at radius 1 is 0.694 bits per heavy atom. The summed E-state index contributed by atoms with van der Waals surface area (Å²) in [5, 5.41) is 1.33. The van der Waals surface area contributed by atoms with E-state index in [0.717, 1.165) is 34.4 Å². The van der Waals surface area contributed by atoms with Crippen molar-refractivity contribution >= 4 is 33.9 Å². The lowest BCUT2D eigenvalue weighted by atomic mass is 10.0. The maximum absolute atomic E-state index is 12.2. The van der Waals surface area contributed by atoms with Gasteiger partial charge in [0.1, 0.15) is 24.4 Å². The number of hydrogen-bond donors (Lipinski definition) is 0. The maximum atomic E-state index is 12.2. The van der Waals surface area contributed by atoms with Crippen molar-refractivity contribution in [3.05, 3.63) is 103 Å². The second-order valence-electron chi connectivity index (χ2n) is 8.50. The van der Waals surface area contributed by atoms with Crippen molar-refractivity contribution in [2.24, 2.45) is 0 Å². The van der Waals surface area contributed by atoms with Crippen LogP contribution in [0.25, 0.3) is 21.9 Å². The van der Waals surface area contributed by atoms with Crippen LogP contribution in [0.3, 0.4) is 0 Å². The Bertz CT molecular complexity index is 1530. The van der Waals surface area contributed by atoms with Crippen LogP contribution in [0.15, 0.2) is 67.0 Å². The first-order chi connectivity index (χ1) is 17.1. The quantitative estimate of drug-likeness (QED) is 0.222. The predicted octanol–water partition coefficient (Wildman–Crippen LogP) is 4.48. The van der Waals surface area contributed by atoms with Gasteiger partial charge >= 0.3 is 23.2 Å². The molecule has 0 bridgehead atoms. The molecule has 0 unspecified atom stereocenters. The summed E-state index contributed by atoms with van der Waals surface area (Å²) in [6.07, 6.45) is 1.88. The molecule has 2 aromatic carbocycles. The van der Waals surface area contributed by atoms with Crippen molar-refractivity contribution in [3.63, 3.8) is 0 Å². The molecule has 4 rings (SSSR count). The van der Waals surface area contributed by atoms with E-state index >= 15 is 0 Å². The molecule has 184 valence electrons. The Labute approximate surface area is 205 Å². The van der Waals surface area contributed by atoms with Gasteiger partial charge in [0.05, 0.1) is 0 Å². The summed E-state index contributed by atoms with van der Waals surface area (Å²) in [6, 6.07) is 9.92. The number of fused-ring (bicyclic) bond motifs is 2. The van der Waals surface area contributed by atoms with Gasteiger partial charge in [-0.25, -0.2) is 19.2 Å². The molecule has 0 aliphatic heterocycles. The highest BCUT2D eigenvalue weighted by atomic mass is 16.5. The highest BCUT2D eigenvalue weighted by Gasteiger charge is 2.13. The molecule has 0 N–H and O–H groups in total. The van der Waals surface area contributed by atoms with E-state index in [1.54, 1.807) is 12.1 Å². The molecule has 0 saturated heterocycles. The van der Waals surface area contributed by atoms with E-state index in [-0.39, 0.29) is 13.2 Å². The summed E-state index contributed by atoms with van der Waals surface area (Å²) in [5.74, 6) is -1.57. The molecule has 0 fully saturated rings. The van der Waals surface area contributed by atoms with Crippen molar-refractivity contribution < 1.29 is 27.9 Å². The summed E-state index contributed by atoms with van der Waals surface area (Å²) >= 11 is 0. The van der Waals surface area contributed by atoms with Crippen LogP contribution in [0, 0.1) is 27.7 Å². The van der Waals surface area contributed by atoms with Crippen LogP contribution >= 0.6 is 0 Å². The predicted molar refractivity (Wildman–Crippen MR) is 133 cm³/mol. The Morgan fingerprint density at radius 2 is 1.08 bits per heavy atom. The van der Waals surface area contributed by atoms with Crippen molar-refractivity contribution in [2.75, 3.05) is 0 Å². The van der Waals surface area contributed by atoms with Crippen molar-refractivity contribution in [1.82, 2.24) is 0 Å². The van der Waals surface area contributed by atoms with Gasteiger partial charge < -0.3 is 18.3 Å². The Hall–Kier alpha value is -4.46. The standard InChI is InChI=1S/C28H24O8/c1-15-5-7-21-19(11-25(31)35-27(21)17(15)3)13-33-23(29)9-10-24(30)34-14-20-12-26(32)36-28-18(4)16(2)6-8-22(20)28/h5-12H,13-14H2,1-4H3. The maximum Gasteiger partial charge on any atom is 0.336 e. The van der Waals surface area contributed by atoms with Crippen LogP contribution in [-0.2, 0) is 32.3 Å². The Morgan fingerprint density at radius 3 is 1.47 bits per heavy atom. The number of carbonyl (C=O) groups is 2. The summed E-state index contributed by atoms with van der Waals surface area (Å²) in [4.78, 5) is 48.2. The fourth-order valence-electron chi connectivity index (χ4n) is 3.82. The second-order valence-corrected chi connectivity index (χ2v) is 8.50. The zero-order valence-corrected chi connectivity index (χ0v) is 20.3. The van der Waals surface area contributed by atoms with Gasteiger partial charge in [0, 0.05) is 46.2 Å². The second kappa shape index (κ2) is 10.0. The Kier molecular flexibility index (Phi) is 6.87. The fraction of sp³-hybridized carbons (Fsp3) is 0.214. The van der Waals surface area contributed by atoms with Crippen LogP contribution in [0.5, 0.6) is 0 Å². The third kappa shape index (κ3) is 5.12. The van der Waals surface area contributed by atoms with Crippen LogP contribution in [0.1, 0.15) is 33.4 Å². The molecular formula is C28H24O8. The first-order valence-corrected chi connectivity index (χ1v) is 11.2. The molecule has 0 aliphatic carbocycles. The zero-order chi connectivity index (χ0) is 26.0. The molecule has 0 radical (unpaired) electrons. The topological polar surface area (TPSA) is 113 Å². The molecule has 0 atom stereocenters. The van der Waals surface area contributed by atoms with E-state index in [2.05, 4.69) is 0 Å². The number of esters is 2. The minimum absolute atomic E-state index is 0.173. The van der Waals surface area contributed by atoms with Crippen LogP contribution in [0.4, 0.5) is 0 Å². The van der Waals surface area contributed by atoms with Crippen molar-refractivity contribution in [2.45, 2.75) is 40.9 Å². The van der Waals surface area contributed by atoms with Crippen molar-refractivity contribution in [3.8, 4) is 0 Å². The number of hydrogen-bond acceptors (Lipinski definition) is 8. The molecular weight excluding hydrogens is 464 g/mol. The smallest absolute Gasteiger partial charge is 0.336 e. The molecule has 2 heterocycles. The van der Waals surface area contributed by atoms with Gasteiger partial charge in [0.15, 0.2) is 0 Å². The van der Waals surface area contributed by atoms with Gasteiger partial charge in [-0.2, -0.15) is 0 Å². The first-order valence-electron chi connectivity index (χ1n) is 11.2. The Balaban J connectivity index is 1.41. The van der Waals surface area contributed by atoms with E-state index in [9.17, 15) is 19.2 Å². The molecule has 4 aromatic rings. The van der Waals surface area contributed by atoms with E-state index in [1.807, 2.05) is 39.8 Å². The highest BCUT2D eigenvalue weighted by molar-refractivity contribution is 5.92. The SMILES string of the molecule is Cc1ccc2c(COC(=O)C=CC(=O)OCc3cc(=O)oc4c(C)c(C)ccc34)cc(=O)oc2c1C. The number of ether oxygens (including phenoxy) is 2. The lowest BCUT2D eigenvalue weighted by Gasteiger charge is -2.09. The lowest BCUT2D eigenvalue weighted by molar-refractivity contribution is -0.141. The van der Waals surface area contributed by atoms with E-state index in [0.29, 0.717) is 33.1 Å². The van der Waals surface area contributed by atoms with Gasteiger partial charge in [-0.3, -0.25) is 0 Å². The van der Waals surface area contributed by atoms with E-state index in [1.165, 1.54) is 12.1 Å². The lowest BCUT2D eigenvalue weighted by Crippen LogP contribution is -2.08. The minimum atomic E-state index is -0.783. The summed E-state index contributed by atoms with van der Waals surface area (Å²) in [7, 11) is 0. The fourth-order valence-corrected chi connectivity index (χ4v) is 3.82. The monoisotopic (exact) mass is 488 g/mol. The summed E-state index contributed by atoms with van der Waals surface area (Å²) in [5.41, 5.74) is 4.38. The number of rotatable bonds is 6. The first kappa shape index (κ1) is 24.7. The summed E-state index contributed by atoms with van der Waals surface area (Å²) < 4.78 is 21.0. The van der Waals surface area contributed by atoms with Gasteiger partial charge in [-0.05, 0) is 49.9 Å². The van der Waals surface area contributed by atoms with Crippen LogP contribution in [0.2, 0.25) is 0 Å². The molecule has 0 spiro atoms. The molecule has 8 heteroatoms. The van der Waals surface area contributed by atoms with E-state index < -0.39 is 23.2 Å². The third-order valence-electron chi connectivity index (χ3n) is 6.13. The van der Waals surface area contributed by atoms with Gasteiger partial charge in [-0.1, -0.05) is 24.3 Å². The van der Waals surface area contributed by atoms with Gasteiger partial charge in [0.2, 0.25) is 0 Å². The van der Waals surface area contributed by atoms with Crippen molar-refractivity contribution in [1.29, 1.82) is 0 Å². The molecule has 2 aromatic heterocycles. The minimum Gasteiger partial charge on any atom is -0.458 e. The molecule has 0 amide bonds. The van der Waals surface area contributed by atoms with Gasteiger partial charge in [-0.15, -0.1) is 0 Å². The average molecular weight is 488 g/mol. The molecule has 0 aliphatic rings. The third-order valence-corrected chi connectivity index (χ3v) is 6.13. The average Bonchev–Trinajstić information content (AvgIpc) is 2.84. The molecule has 8 nitrogen and oxygen atoms in total. The number of carbonyl (C=O) groups excluding carboxylic acids is 2. The largest absolute Gasteiger partial charge is 0.458 e. The van der Waals surface area contributed by atoms with Crippen LogP contribution < -0.4 is 11.3 Å². The summed E-state index contributed by atoms with van der Waals surface area (Å²) in [6.45, 7) is 7.15. The number of aryl methyl sites for hydroxylation is 4. The number of benzene rings is 2. The zero-order valence-electron chi connectivity index (χ0n) is 20.3. The molecule has 36 heavy (non-hydrogen) atoms. The highest BCUT2D eigenvalue weighted by Crippen LogP contribution is 2.25. The van der Waals surface area contributed by atoms with Gasteiger partial charge in [0.25, 0.3) is 0 Å². The van der Waals surface area contributed by atoms with Crippen LogP contribution in [-0.4, -0.2) is 11.9 Å².